The third-order valence-electron chi connectivity index (χ3n) is 4.44. The van der Waals surface area contributed by atoms with Crippen LogP contribution in [0.5, 0.6) is 0 Å². The molecule has 4 rings (SSSR count). The summed E-state index contributed by atoms with van der Waals surface area (Å²) >= 11 is 2.70. The van der Waals surface area contributed by atoms with Crippen LogP contribution >= 0.6 is 23.1 Å². The molecule has 0 fully saturated rings. The number of carbonyl (C=O) groups excluding carboxylic acids is 1. The lowest BCUT2D eigenvalue weighted by molar-refractivity contribution is -0.118. The van der Waals surface area contributed by atoms with E-state index in [2.05, 4.69) is 20.3 Å². The molecule has 0 aliphatic rings. The second kappa shape index (κ2) is 9.72. The molecular weight excluding hydrogens is 428 g/mol. The molecule has 0 aliphatic carbocycles. The standard InChI is InChI=1S/C23H20N4O2S2/c1-15-21(31-22(25-15)17-10-6-3-7-11-17)18-12-19(28)27-23(26-18)30-14-20(29)24-13-16-8-4-2-5-9-16/h2-12H,13-14H2,1H3,(H,24,29)(H,26,27,28). The van der Waals surface area contributed by atoms with Gasteiger partial charge >= 0.3 is 0 Å². The van der Waals surface area contributed by atoms with E-state index in [-0.39, 0.29) is 17.2 Å². The van der Waals surface area contributed by atoms with Gasteiger partial charge < -0.3 is 10.3 Å². The Morgan fingerprint density at radius 3 is 2.52 bits per heavy atom. The molecule has 156 valence electrons. The van der Waals surface area contributed by atoms with Gasteiger partial charge in [-0.15, -0.1) is 11.3 Å². The molecule has 0 bridgehead atoms. The number of aryl methyl sites for hydroxylation is 1. The lowest BCUT2D eigenvalue weighted by Gasteiger charge is -2.06. The van der Waals surface area contributed by atoms with Crippen molar-refractivity contribution in [2.75, 3.05) is 5.75 Å². The fraction of sp³-hybridized carbons (Fsp3) is 0.130. The summed E-state index contributed by atoms with van der Waals surface area (Å²) in [6.45, 7) is 2.37. The number of rotatable bonds is 7. The number of benzene rings is 2. The minimum Gasteiger partial charge on any atom is -0.351 e. The molecule has 0 saturated heterocycles. The number of amides is 1. The van der Waals surface area contributed by atoms with Crippen LogP contribution in [0.2, 0.25) is 0 Å². The lowest BCUT2D eigenvalue weighted by atomic mass is 10.2. The van der Waals surface area contributed by atoms with E-state index in [4.69, 9.17) is 0 Å². The number of thiazole rings is 1. The maximum Gasteiger partial charge on any atom is 0.252 e. The zero-order valence-electron chi connectivity index (χ0n) is 16.8. The Morgan fingerprint density at radius 2 is 1.77 bits per heavy atom. The van der Waals surface area contributed by atoms with E-state index in [1.54, 1.807) is 0 Å². The van der Waals surface area contributed by atoms with Crippen molar-refractivity contribution >= 4 is 29.0 Å². The predicted molar refractivity (Wildman–Crippen MR) is 125 cm³/mol. The fourth-order valence-electron chi connectivity index (χ4n) is 2.94. The number of hydrogen-bond acceptors (Lipinski definition) is 6. The van der Waals surface area contributed by atoms with Crippen LogP contribution in [0, 0.1) is 6.92 Å². The van der Waals surface area contributed by atoms with Gasteiger partial charge in [-0.25, -0.2) is 9.97 Å². The monoisotopic (exact) mass is 448 g/mol. The zero-order chi connectivity index (χ0) is 21.6. The molecule has 2 aromatic carbocycles. The van der Waals surface area contributed by atoms with E-state index < -0.39 is 0 Å². The van der Waals surface area contributed by atoms with Gasteiger partial charge in [0.25, 0.3) is 5.56 Å². The second-order valence-electron chi connectivity index (χ2n) is 6.79. The fourth-order valence-corrected chi connectivity index (χ4v) is 4.68. The SMILES string of the molecule is Cc1nc(-c2ccccc2)sc1-c1cc(=O)[nH]c(SCC(=O)NCc2ccccc2)n1. The van der Waals surface area contributed by atoms with Gasteiger partial charge in [-0.2, -0.15) is 0 Å². The summed E-state index contributed by atoms with van der Waals surface area (Å²) in [4.78, 5) is 37.1. The minimum absolute atomic E-state index is 0.123. The van der Waals surface area contributed by atoms with Gasteiger partial charge in [0.1, 0.15) is 5.01 Å². The van der Waals surface area contributed by atoms with Crippen LogP contribution in [-0.2, 0) is 11.3 Å². The first-order valence-electron chi connectivity index (χ1n) is 9.66. The highest BCUT2D eigenvalue weighted by Crippen LogP contribution is 2.34. The van der Waals surface area contributed by atoms with Crippen molar-refractivity contribution in [2.24, 2.45) is 0 Å². The number of thioether (sulfide) groups is 1. The molecule has 0 spiro atoms. The number of H-pyrrole nitrogens is 1. The Labute approximate surface area is 187 Å². The summed E-state index contributed by atoms with van der Waals surface area (Å²) in [7, 11) is 0. The maximum absolute atomic E-state index is 12.2. The van der Waals surface area contributed by atoms with Gasteiger partial charge in [-0.3, -0.25) is 9.59 Å². The molecule has 2 N–H and O–H groups in total. The lowest BCUT2D eigenvalue weighted by Crippen LogP contribution is -2.24. The number of hydrogen-bond donors (Lipinski definition) is 2. The number of nitrogens with zero attached hydrogens (tertiary/aromatic N) is 2. The third-order valence-corrected chi connectivity index (χ3v) is 6.54. The largest absolute Gasteiger partial charge is 0.351 e. The van der Waals surface area contributed by atoms with E-state index in [9.17, 15) is 9.59 Å². The number of aromatic amines is 1. The summed E-state index contributed by atoms with van der Waals surface area (Å²) in [5.41, 5.74) is 3.18. The average Bonchev–Trinajstić information content (AvgIpc) is 3.19. The quantitative estimate of drug-likeness (QED) is 0.326. The van der Waals surface area contributed by atoms with Crippen LogP contribution in [0.1, 0.15) is 11.3 Å². The van der Waals surface area contributed by atoms with Gasteiger partial charge in [0.15, 0.2) is 5.16 Å². The Balaban J connectivity index is 1.46. The highest BCUT2D eigenvalue weighted by molar-refractivity contribution is 7.99. The van der Waals surface area contributed by atoms with Crippen LogP contribution in [0.3, 0.4) is 0 Å². The van der Waals surface area contributed by atoms with E-state index in [1.165, 1.54) is 29.2 Å². The number of nitrogens with one attached hydrogen (secondary N) is 2. The van der Waals surface area contributed by atoms with E-state index in [1.807, 2.05) is 67.6 Å². The van der Waals surface area contributed by atoms with Crippen molar-refractivity contribution in [3.63, 3.8) is 0 Å². The van der Waals surface area contributed by atoms with E-state index in [0.717, 1.165) is 26.7 Å². The first-order valence-corrected chi connectivity index (χ1v) is 11.5. The molecule has 0 radical (unpaired) electrons. The molecule has 0 saturated carbocycles. The molecule has 2 aromatic heterocycles. The summed E-state index contributed by atoms with van der Waals surface area (Å²) < 4.78 is 0. The molecule has 0 aliphatic heterocycles. The summed E-state index contributed by atoms with van der Waals surface area (Å²) in [6, 6.07) is 21.1. The smallest absolute Gasteiger partial charge is 0.252 e. The normalized spacial score (nSPS) is 10.7. The highest BCUT2D eigenvalue weighted by Gasteiger charge is 2.14. The Hall–Kier alpha value is -3.23. The van der Waals surface area contributed by atoms with Crippen molar-refractivity contribution in [1.29, 1.82) is 0 Å². The van der Waals surface area contributed by atoms with Crippen LogP contribution in [0.25, 0.3) is 21.1 Å². The Bertz CT molecular complexity index is 1240. The minimum atomic E-state index is -0.258. The van der Waals surface area contributed by atoms with Crippen LogP contribution in [0.15, 0.2) is 76.7 Å². The highest BCUT2D eigenvalue weighted by atomic mass is 32.2. The molecule has 31 heavy (non-hydrogen) atoms. The molecule has 1 amide bonds. The van der Waals surface area contributed by atoms with E-state index in [0.29, 0.717) is 17.4 Å². The Kier molecular flexibility index (Phi) is 6.59. The van der Waals surface area contributed by atoms with Gasteiger partial charge in [-0.05, 0) is 12.5 Å². The third kappa shape index (κ3) is 5.48. The average molecular weight is 449 g/mol. The first-order chi connectivity index (χ1) is 15.1. The zero-order valence-corrected chi connectivity index (χ0v) is 18.4. The van der Waals surface area contributed by atoms with E-state index >= 15 is 0 Å². The molecule has 0 unspecified atom stereocenters. The molecule has 4 aromatic rings. The predicted octanol–water partition coefficient (Wildman–Crippen LogP) is 4.28. The first kappa shape index (κ1) is 21.0. The van der Waals surface area contributed by atoms with Gasteiger partial charge in [-0.1, -0.05) is 72.4 Å². The molecule has 6 nitrogen and oxygen atoms in total. The molecule has 2 heterocycles. The summed E-state index contributed by atoms with van der Waals surface area (Å²) in [6.07, 6.45) is 0. The van der Waals surface area contributed by atoms with Crippen molar-refractivity contribution in [1.82, 2.24) is 20.3 Å². The number of aromatic nitrogens is 3. The number of carbonyl (C=O) groups is 1. The molecule has 8 heteroatoms. The summed E-state index contributed by atoms with van der Waals surface area (Å²) in [5, 5.41) is 4.16. The van der Waals surface area contributed by atoms with Gasteiger partial charge in [0, 0.05) is 18.2 Å². The molecule has 0 atom stereocenters. The van der Waals surface area contributed by atoms with Crippen molar-refractivity contribution in [3.8, 4) is 21.1 Å². The molecular formula is C23H20N4O2S2. The van der Waals surface area contributed by atoms with Crippen LogP contribution < -0.4 is 10.9 Å². The van der Waals surface area contributed by atoms with Gasteiger partial charge in [0.2, 0.25) is 5.91 Å². The maximum atomic E-state index is 12.2. The topological polar surface area (TPSA) is 87.7 Å². The second-order valence-corrected chi connectivity index (χ2v) is 8.75. The van der Waals surface area contributed by atoms with Crippen molar-refractivity contribution in [3.05, 3.63) is 88.3 Å². The van der Waals surface area contributed by atoms with Crippen LogP contribution in [-0.4, -0.2) is 26.6 Å². The van der Waals surface area contributed by atoms with Crippen LogP contribution in [0.4, 0.5) is 0 Å². The van der Waals surface area contributed by atoms with Gasteiger partial charge in [0.05, 0.1) is 22.0 Å². The van der Waals surface area contributed by atoms with Crippen molar-refractivity contribution < 1.29 is 4.79 Å². The summed E-state index contributed by atoms with van der Waals surface area (Å²) in [5.74, 6) is 0.0399. The van der Waals surface area contributed by atoms with Crippen molar-refractivity contribution in [2.45, 2.75) is 18.6 Å². The Morgan fingerprint density at radius 1 is 1.06 bits per heavy atom.